The molecule has 3 fully saturated rings. The first-order valence-electron chi connectivity index (χ1n) is 6.54. The van der Waals surface area contributed by atoms with E-state index in [-0.39, 0.29) is 36.2 Å². The lowest BCUT2D eigenvalue weighted by molar-refractivity contribution is -0.172. The summed E-state index contributed by atoms with van der Waals surface area (Å²) in [4.78, 5) is 23.3. The molecule has 0 radical (unpaired) electrons. The monoisotopic (exact) mass is 256 g/mol. The lowest BCUT2D eigenvalue weighted by Crippen LogP contribution is -2.41. The number of hydrogen-bond donors (Lipinski definition) is 0. The molecule has 6 atom stereocenters. The van der Waals surface area contributed by atoms with Crippen molar-refractivity contribution >= 4 is 11.9 Å². The smallest absolute Gasteiger partial charge is 0.343 e. The van der Waals surface area contributed by atoms with E-state index in [1.807, 2.05) is 0 Å². The maximum absolute atomic E-state index is 13.8. The van der Waals surface area contributed by atoms with E-state index in [1.165, 1.54) is 6.92 Å². The zero-order valence-corrected chi connectivity index (χ0v) is 10.5. The second-order valence-electron chi connectivity index (χ2n) is 5.82. The van der Waals surface area contributed by atoms with Gasteiger partial charge in [-0.15, -0.1) is 0 Å². The van der Waals surface area contributed by atoms with Gasteiger partial charge in [0.15, 0.2) is 0 Å². The third-order valence-electron chi connectivity index (χ3n) is 4.75. The number of halogens is 1. The minimum atomic E-state index is -1.95. The molecule has 4 nitrogen and oxygen atoms in total. The maximum atomic E-state index is 13.8. The van der Waals surface area contributed by atoms with Crippen LogP contribution in [-0.2, 0) is 19.1 Å². The Morgan fingerprint density at radius 3 is 2.94 bits per heavy atom. The van der Waals surface area contributed by atoms with Gasteiger partial charge < -0.3 is 9.47 Å². The Morgan fingerprint density at radius 1 is 1.56 bits per heavy atom. The molecule has 0 N–H and O–H groups in total. The molecule has 1 heterocycles. The van der Waals surface area contributed by atoms with Crippen molar-refractivity contribution in [1.29, 1.82) is 0 Å². The number of alkyl halides is 1. The fraction of sp³-hybridized carbons (Fsp3) is 0.846. The number of hydrogen-bond acceptors (Lipinski definition) is 4. The third-order valence-corrected chi connectivity index (χ3v) is 4.75. The van der Waals surface area contributed by atoms with Gasteiger partial charge in [0.25, 0.3) is 0 Å². The minimum Gasteiger partial charge on any atom is -0.458 e. The van der Waals surface area contributed by atoms with E-state index < -0.39 is 17.7 Å². The standard InChI is InChI=1S/C13H17FO4/c1-3-13(2,14)12(16)18-9-6-4-7-8(5-6)11(15)17-10(7)9/h6-10H,3-5H2,1-2H3. The highest BCUT2D eigenvalue weighted by Gasteiger charge is 2.63. The second-order valence-corrected chi connectivity index (χ2v) is 5.82. The van der Waals surface area contributed by atoms with Crippen molar-refractivity contribution in [2.45, 2.75) is 51.0 Å². The van der Waals surface area contributed by atoms with Crippen molar-refractivity contribution in [3.8, 4) is 0 Å². The van der Waals surface area contributed by atoms with Gasteiger partial charge in [0.1, 0.15) is 12.2 Å². The third kappa shape index (κ3) is 1.49. The van der Waals surface area contributed by atoms with Crippen LogP contribution in [0, 0.1) is 17.8 Å². The quantitative estimate of drug-likeness (QED) is 0.720. The molecule has 1 aliphatic heterocycles. The normalized spacial score (nSPS) is 43.7. The summed E-state index contributed by atoms with van der Waals surface area (Å²) >= 11 is 0. The molecule has 18 heavy (non-hydrogen) atoms. The van der Waals surface area contributed by atoms with E-state index >= 15 is 0 Å². The fourth-order valence-electron chi connectivity index (χ4n) is 3.46. The van der Waals surface area contributed by atoms with Gasteiger partial charge in [0.2, 0.25) is 5.67 Å². The molecule has 2 bridgehead atoms. The summed E-state index contributed by atoms with van der Waals surface area (Å²) in [5.41, 5.74) is -1.95. The van der Waals surface area contributed by atoms with Crippen molar-refractivity contribution in [3.63, 3.8) is 0 Å². The first-order valence-corrected chi connectivity index (χ1v) is 6.54. The molecule has 1 saturated heterocycles. The first-order chi connectivity index (χ1) is 8.44. The van der Waals surface area contributed by atoms with Crippen LogP contribution in [-0.4, -0.2) is 29.8 Å². The maximum Gasteiger partial charge on any atom is 0.343 e. The zero-order chi connectivity index (χ0) is 13.1. The molecule has 2 aliphatic carbocycles. The van der Waals surface area contributed by atoms with Gasteiger partial charge in [-0.3, -0.25) is 4.79 Å². The first kappa shape index (κ1) is 11.9. The number of carbonyl (C=O) groups is 2. The Bertz CT molecular complexity index is 406. The molecule has 100 valence electrons. The molecule has 3 aliphatic rings. The molecule has 0 aromatic rings. The van der Waals surface area contributed by atoms with Crippen molar-refractivity contribution in [1.82, 2.24) is 0 Å². The van der Waals surface area contributed by atoms with Gasteiger partial charge in [-0.1, -0.05) is 6.92 Å². The highest BCUT2D eigenvalue weighted by Crippen LogP contribution is 2.55. The molecular weight excluding hydrogens is 239 g/mol. The molecule has 3 rings (SSSR count). The largest absolute Gasteiger partial charge is 0.458 e. The Labute approximate surface area is 105 Å². The average Bonchev–Trinajstić information content (AvgIpc) is 2.93. The summed E-state index contributed by atoms with van der Waals surface area (Å²) in [5.74, 6) is -0.690. The molecule has 2 saturated carbocycles. The highest BCUT2D eigenvalue weighted by atomic mass is 19.1. The summed E-state index contributed by atoms with van der Waals surface area (Å²) in [6.07, 6.45) is 0.880. The number of rotatable bonds is 3. The molecule has 5 heteroatoms. The Morgan fingerprint density at radius 2 is 2.28 bits per heavy atom. The molecule has 0 amide bonds. The van der Waals surface area contributed by atoms with Crippen LogP contribution in [0.5, 0.6) is 0 Å². The van der Waals surface area contributed by atoms with Gasteiger partial charge >= 0.3 is 11.9 Å². The molecular formula is C13H17FO4. The predicted octanol–water partition coefficient (Wildman–Crippen LogP) is 1.62. The van der Waals surface area contributed by atoms with Gasteiger partial charge in [0.05, 0.1) is 5.92 Å². The van der Waals surface area contributed by atoms with Crippen LogP contribution in [0.15, 0.2) is 0 Å². The lowest BCUT2D eigenvalue weighted by Gasteiger charge is -2.27. The van der Waals surface area contributed by atoms with Crippen LogP contribution >= 0.6 is 0 Å². The fourth-order valence-corrected chi connectivity index (χ4v) is 3.46. The minimum absolute atomic E-state index is 0.0158. The van der Waals surface area contributed by atoms with E-state index in [2.05, 4.69) is 0 Å². The van der Waals surface area contributed by atoms with E-state index in [0.29, 0.717) is 6.42 Å². The SMILES string of the molecule is CCC(C)(F)C(=O)OC1C2CC3C(=O)OC1C3C2. The summed E-state index contributed by atoms with van der Waals surface area (Å²) in [6.45, 7) is 2.83. The number of ether oxygens (including phenoxy) is 2. The van der Waals surface area contributed by atoms with E-state index in [9.17, 15) is 14.0 Å². The van der Waals surface area contributed by atoms with E-state index in [0.717, 1.165) is 6.42 Å². The summed E-state index contributed by atoms with van der Waals surface area (Å²) in [6, 6.07) is 0. The molecule has 0 aromatic carbocycles. The van der Waals surface area contributed by atoms with Crippen molar-refractivity contribution in [3.05, 3.63) is 0 Å². The van der Waals surface area contributed by atoms with Crippen molar-refractivity contribution in [2.75, 3.05) is 0 Å². The van der Waals surface area contributed by atoms with Gasteiger partial charge in [-0.25, -0.2) is 9.18 Å². The summed E-state index contributed by atoms with van der Waals surface area (Å²) < 4.78 is 24.4. The Kier molecular flexibility index (Phi) is 2.44. The number of fused-ring (bicyclic) bond motifs is 1. The van der Waals surface area contributed by atoms with Crippen molar-refractivity contribution < 1.29 is 23.5 Å². The van der Waals surface area contributed by atoms with Crippen LogP contribution in [0.1, 0.15) is 33.1 Å². The molecule has 0 spiro atoms. The van der Waals surface area contributed by atoms with E-state index in [4.69, 9.17) is 9.47 Å². The predicted molar refractivity (Wildman–Crippen MR) is 59.3 cm³/mol. The summed E-state index contributed by atoms with van der Waals surface area (Å²) in [7, 11) is 0. The van der Waals surface area contributed by atoms with E-state index in [1.54, 1.807) is 6.92 Å². The van der Waals surface area contributed by atoms with Crippen LogP contribution < -0.4 is 0 Å². The van der Waals surface area contributed by atoms with Gasteiger partial charge in [-0.05, 0) is 26.2 Å². The Hall–Kier alpha value is -1.13. The number of carbonyl (C=O) groups excluding carboxylic acids is 2. The molecule has 6 unspecified atom stereocenters. The highest BCUT2D eigenvalue weighted by molar-refractivity contribution is 5.80. The second kappa shape index (κ2) is 3.68. The van der Waals surface area contributed by atoms with Crippen LogP contribution in [0.25, 0.3) is 0 Å². The Balaban J connectivity index is 1.73. The lowest BCUT2D eigenvalue weighted by atomic mass is 9.88. The zero-order valence-electron chi connectivity index (χ0n) is 10.5. The average molecular weight is 256 g/mol. The van der Waals surface area contributed by atoms with Crippen molar-refractivity contribution in [2.24, 2.45) is 17.8 Å². The van der Waals surface area contributed by atoms with Crippen LogP contribution in [0.4, 0.5) is 4.39 Å². The number of esters is 2. The van der Waals surface area contributed by atoms with Gasteiger partial charge in [-0.2, -0.15) is 0 Å². The van der Waals surface area contributed by atoms with Crippen LogP contribution in [0.2, 0.25) is 0 Å². The summed E-state index contributed by atoms with van der Waals surface area (Å²) in [5, 5.41) is 0. The van der Waals surface area contributed by atoms with Gasteiger partial charge in [0, 0.05) is 11.8 Å². The topological polar surface area (TPSA) is 52.6 Å². The van der Waals surface area contributed by atoms with Crippen LogP contribution in [0.3, 0.4) is 0 Å². The molecule has 0 aromatic heterocycles.